The van der Waals surface area contributed by atoms with Crippen LogP contribution in [0.1, 0.15) is 6.92 Å². The van der Waals surface area contributed by atoms with Crippen molar-refractivity contribution in [2.45, 2.75) is 6.92 Å². The lowest BCUT2D eigenvalue weighted by molar-refractivity contribution is -0.136. The Kier molecular flexibility index (Phi) is 2.11. The Balaban J connectivity index is 2.84. The van der Waals surface area contributed by atoms with E-state index in [2.05, 4.69) is 9.99 Å². The number of thioether (sulfide) groups is 1. The normalized spacial score (nSPS) is 21.2. The molecule has 1 heterocycles. The van der Waals surface area contributed by atoms with Crippen molar-refractivity contribution in [3.63, 3.8) is 0 Å². The molecule has 0 fully saturated rings. The van der Waals surface area contributed by atoms with Gasteiger partial charge in [-0.05, 0) is 18.6 Å². The third kappa shape index (κ3) is 1.21. The molecule has 0 saturated heterocycles. The van der Waals surface area contributed by atoms with Crippen molar-refractivity contribution in [3.05, 3.63) is 11.0 Å². The lowest BCUT2D eigenvalue weighted by atomic mass is 10.2. The molecule has 10 heavy (non-hydrogen) atoms. The highest BCUT2D eigenvalue weighted by Gasteiger charge is 2.20. The molecule has 0 bridgehead atoms. The first-order chi connectivity index (χ1) is 4.75. The summed E-state index contributed by atoms with van der Waals surface area (Å²) in [5, 5.41) is 5.23. The first kappa shape index (κ1) is 7.34. The minimum atomic E-state index is -0.355. The van der Waals surface area contributed by atoms with Crippen LogP contribution in [0.2, 0.25) is 0 Å². The molecule has 0 N–H and O–H groups in total. The fourth-order valence-corrected chi connectivity index (χ4v) is 1.11. The zero-order chi connectivity index (χ0) is 7.56. The first-order valence-corrected chi connectivity index (χ1v) is 4.03. The van der Waals surface area contributed by atoms with Crippen LogP contribution < -0.4 is 0 Å². The minimum Gasteiger partial charge on any atom is -0.312 e. The largest absolute Gasteiger partial charge is 0.368 e. The van der Waals surface area contributed by atoms with Gasteiger partial charge in [0.1, 0.15) is 0 Å². The Labute approximate surface area is 63.1 Å². The van der Waals surface area contributed by atoms with Crippen LogP contribution in [0, 0.1) is 0 Å². The Morgan fingerprint density at radius 3 is 2.80 bits per heavy atom. The summed E-state index contributed by atoms with van der Waals surface area (Å²) in [6.07, 6.45) is 1.88. The Morgan fingerprint density at radius 2 is 2.40 bits per heavy atom. The number of rotatable bonds is 1. The van der Waals surface area contributed by atoms with E-state index in [0.717, 1.165) is 0 Å². The van der Waals surface area contributed by atoms with E-state index in [-0.39, 0.29) is 5.97 Å². The molecule has 0 aromatic carbocycles. The van der Waals surface area contributed by atoms with Crippen molar-refractivity contribution < 1.29 is 9.63 Å². The maximum absolute atomic E-state index is 10.8. The van der Waals surface area contributed by atoms with Gasteiger partial charge < -0.3 is 4.84 Å². The standard InChI is InChI=1S/C6H7NO2S/c1-4-5(3-10-2)6(8)9-7-4/h3H,1-2H3/b5-3+. The number of nitrogens with zero attached hydrogens (tertiary/aromatic N) is 1. The van der Waals surface area contributed by atoms with Gasteiger partial charge in [-0.1, -0.05) is 5.16 Å². The fraction of sp³-hybridized carbons (Fsp3) is 0.333. The molecule has 0 spiro atoms. The number of oxime groups is 1. The molecule has 3 nitrogen and oxygen atoms in total. The van der Waals surface area contributed by atoms with Gasteiger partial charge in [-0.25, -0.2) is 4.79 Å². The van der Waals surface area contributed by atoms with Gasteiger partial charge in [0.15, 0.2) is 0 Å². The van der Waals surface area contributed by atoms with Crippen molar-refractivity contribution in [1.29, 1.82) is 0 Å². The smallest absolute Gasteiger partial charge is 0.312 e. The zero-order valence-electron chi connectivity index (χ0n) is 5.75. The molecule has 0 saturated carbocycles. The van der Waals surface area contributed by atoms with Crippen LogP contribution in [0.15, 0.2) is 16.1 Å². The van der Waals surface area contributed by atoms with Crippen LogP contribution >= 0.6 is 11.8 Å². The number of hydrogen-bond acceptors (Lipinski definition) is 4. The van der Waals surface area contributed by atoms with Gasteiger partial charge in [-0.2, -0.15) is 0 Å². The lowest BCUT2D eigenvalue weighted by Crippen LogP contribution is -2.00. The van der Waals surface area contributed by atoms with Gasteiger partial charge in [0.05, 0.1) is 11.3 Å². The monoisotopic (exact) mass is 157 g/mol. The summed E-state index contributed by atoms with van der Waals surface area (Å²) in [6, 6.07) is 0. The SMILES string of the molecule is CS/C=C1/C(=O)ON=C1C. The molecule has 1 aliphatic heterocycles. The molecule has 4 heteroatoms. The quantitative estimate of drug-likeness (QED) is 0.423. The third-order valence-corrected chi connectivity index (χ3v) is 1.58. The van der Waals surface area contributed by atoms with Gasteiger partial charge in [0.2, 0.25) is 0 Å². The van der Waals surface area contributed by atoms with Gasteiger partial charge in [0, 0.05) is 0 Å². The van der Waals surface area contributed by atoms with Crippen LogP contribution in [0.25, 0.3) is 0 Å². The summed E-state index contributed by atoms with van der Waals surface area (Å²) in [6.45, 7) is 1.74. The Bertz CT molecular complexity index is 220. The first-order valence-electron chi connectivity index (χ1n) is 2.75. The predicted molar refractivity (Wildman–Crippen MR) is 40.8 cm³/mol. The number of carbonyl (C=O) groups excluding carboxylic acids is 1. The Morgan fingerprint density at radius 1 is 1.70 bits per heavy atom. The van der Waals surface area contributed by atoms with Crippen LogP contribution in [0.4, 0.5) is 0 Å². The second kappa shape index (κ2) is 2.88. The van der Waals surface area contributed by atoms with Crippen LogP contribution in [0.3, 0.4) is 0 Å². The maximum Gasteiger partial charge on any atom is 0.368 e. The summed E-state index contributed by atoms with van der Waals surface area (Å²) in [5.74, 6) is -0.355. The molecule has 0 radical (unpaired) electrons. The Hall–Kier alpha value is -0.770. The minimum absolute atomic E-state index is 0.355. The second-order valence-electron chi connectivity index (χ2n) is 1.82. The van der Waals surface area contributed by atoms with E-state index in [1.165, 1.54) is 11.8 Å². The summed E-state index contributed by atoms with van der Waals surface area (Å²) in [7, 11) is 0. The zero-order valence-corrected chi connectivity index (χ0v) is 6.57. The maximum atomic E-state index is 10.8. The van der Waals surface area contributed by atoms with E-state index in [0.29, 0.717) is 11.3 Å². The van der Waals surface area contributed by atoms with Crippen molar-refractivity contribution in [3.8, 4) is 0 Å². The van der Waals surface area contributed by atoms with E-state index < -0.39 is 0 Å². The van der Waals surface area contributed by atoms with Gasteiger partial charge in [-0.3, -0.25) is 0 Å². The lowest BCUT2D eigenvalue weighted by Gasteiger charge is -1.87. The van der Waals surface area contributed by atoms with E-state index in [9.17, 15) is 4.79 Å². The highest BCUT2D eigenvalue weighted by atomic mass is 32.2. The average molecular weight is 157 g/mol. The third-order valence-electron chi connectivity index (χ3n) is 1.11. The highest BCUT2D eigenvalue weighted by Crippen LogP contribution is 2.13. The van der Waals surface area contributed by atoms with Gasteiger partial charge in [-0.15, -0.1) is 11.8 Å². The molecule has 54 valence electrons. The van der Waals surface area contributed by atoms with E-state index in [4.69, 9.17) is 0 Å². The van der Waals surface area contributed by atoms with E-state index in [1.54, 1.807) is 12.3 Å². The number of hydrogen-bond donors (Lipinski definition) is 0. The highest BCUT2D eigenvalue weighted by molar-refractivity contribution is 8.01. The van der Waals surface area contributed by atoms with Crippen molar-refractivity contribution >= 4 is 23.4 Å². The number of carbonyl (C=O) groups is 1. The molecule has 0 atom stereocenters. The molecule has 0 unspecified atom stereocenters. The topological polar surface area (TPSA) is 38.7 Å². The van der Waals surface area contributed by atoms with E-state index in [1.807, 2.05) is 6.26 Å². The molecular formula is C6H7NO2S. The summed E-state index contributed by atoms with van der Waals surface area (Å²) in [5.41, 5.74) is 1.21. The molecule has 0 amide bonds. The predicted octanol–water partition coefficient (Wildman–Crippen LogP) is 1.17. The molecule has 1 aliphatic rings. The molecular weight excluding hydrogens is 150 g/mol. The molecule has 0 aromatic heterocycles. The van der Waals surface area contributed by atoms with Crippen molar-refractivity contribution in [1.82, 2.24) is 0 Å². The van der Waals surface area contributed by atoms with Gasteiger partial charge in [0.25, 0.3) is 0 Å². The molecule has 1 rings (SSSR count). The van der Waals surface area contributed by atoms with Crippen molar-refractivity contribution in [2.24, 2.45) is 5.16 Å². The second-order valence-corrected chi connectivity index (χ2v) is 2.53. The summed E-state index contributed by atoms with van der Waals surface area (Å²) >= 11 is 1.46. The molecule has 0 aliphatic carbocycles. The van der Waals surface area contributed by atoms with Crippen LogP contribution in [-0.4, -0.2) is 17.9 Å². The van der Waals surface area contributed by atoms with E-state index >= 15 is 0 Å². The van der Waals surface area contributed by atoms with Gasteiger partial charge >= 0.3 is 5.97 Å². The summed E-state index contributed by atoms with van der Waals surface area (Å²) in [4.78, 5) is 15.2. The van der Waals surface area contributed by atoms with Crippen molar-refractivity contribution in [2.75, 3.05) is 6.26 Å². The van der Waals surface area contributed by atoms with Crippen LogP contribution in [0.5, 0.6) is 0 Å². The fourth-order valence-electron chi connectivity index (χ4n) is 0.607. The average Bonchev–Trinajstić information content (AvgIpc) is 2.20. The molecule has 0 aromatic rings. The summed E-state index contributed by atoms with van der Waals surface area (Å²) < 4.78 is 0. The van der Waals surface area contributed by atoms with Crippen LogP contribution in [-0.2, 0) is 9.63 Å².